The number of hydrogen-bond donors (Lipinski definition) is 0. The van der Waals surface area contributed by atoms with Crippen LogP contribution in [0.2, 0.25) is 5.02 Å². The van der Waals surface area contributed by atoms with Gasteiger partial charge in [0.15, 0.2) is 0 Å². The summed E-state index contributed by atoms with van der Waals surface area (Å²) in [5.74, 6) is 0. The van der Waals surface area contributed by atoms with Gasteiger partial charge in [0.2, 0.25) is 6.29 Å². The van der Waals surface area contributed by atoms with Gasteiger partial charge in [-0.1, -0.05) is 11.6 Å². The lowest BCUT2D eigenvalue weighted by Crippen LogP contribution is -1.82. The van der Waals surface area contributed by atoms with Crippen molar-refractivity contribution in [3.8, 4) is 0 Å². The number of thioether (sulfide) groups is 1. The molecule has 0 amide bonds. The molecule has 0 N–H and O–H groups in total. The molecule has 0 spiro atoms. The highest BCUT2D eigenvalue weighted by atomic mass is 35.5. The van der Waals surface area contributed by atoms with Crippen LogP contribution in [0.4, 0.5) is 0 Å². The summed E-state index contributed by atoms with van der Waals surface area (Å²) < 4.78 is 0. The second kappa shape index (κ2) is 3.79. The fourth-order valence-electron chi connectivity index (χ4n) is 0.710. The highest BCUT2D eigenvalue weighted by molar-refractivity contribution is 7.98. The zero-order valence-electron chi connectivity index (χ0n) is 5.93. The van der Waals surface area contributed by atoms with Crippen molar-refractivity contribution < 1.29 is 4.79 Å². The van der Waals surface area contributed by atoms with Gasteiger partial charge < -0.3 is 0 Å². The highest BCUT2D eigenvalue weighted by Gasteiger charge is 1.99. The average molecular weight is 186 g/mol. The smallest absolute Gasteiger partial charge is 0.235 e. The van der Waals surface area contributed by atoms with Gasteiger partial charge in [-0.2, -0.15) is 0 Å². The molecule has 0 saturated carbocycles. The van der Waals surface area contributed by atoms with Crippen LogP contribution >= 0.6 is 23.4 Å². The predicted molar refractivity (Wildman–Crippen MR) is 48.0 cm³/mol. The Balaban J connectivity index is 3.12. The summed E-state index contributed by atoms with van der Waals surface area (Å²) >= 11 is 7.25. The van der Waals surface area contributed by atoms with E-state index < -0.39 is 0 Å². The maximum Gasteiger partial charge on any atom is 0.235 e. The lowest BCUT2D eigenvalue weighted by molar-refractivity contribution is 0.562. The van der Waals surface area contributed by atoms with Crippen molar-refractivity contribution in [3.63, 3.8) is 0 Å². The molecule has 57 valence electrons. The number of hydrogen-bond acceptors (Lipinski definition) is 2. The summed E-state index contributed by atoms with van der Waals surface area (Å²) in [5, 5.41) is 0.456. The molecule has 0 saturated heterocycles. The topological polar surface area (TPSA) is 17.1 Å². The summed E-state index contributed by atoms with van der Waals surface area (Å²) in [6.45, 7) is 0. The van der Waals surface area contributed by atoms with Crippen LogP contribution in [0.15, 0.2) is 23.1 Å². The second-order valence-corrected chi connectivity index (χ2v) is 3.23. The third kappa shape index (κ3) is 1.98. The first kappa shape index (κ1) is 8.62. The van der Waals surface area contributed by atoms with E-state index in [-0.39, 0.29) is 0 Å². The lowest BCUT2D eigenvalue weighted by atomic mass is 10.2. The van der Waals surface area contributed by atoms with Crippen LogP contribution in [-0.4, -0.2) is 12.5 Å². The Kier molecular flexibility index (Phi) is 2.97. The molecule has 1 nitrogen and oxygen atoms in total. The Morgan fingerprint density at radius 1 is 1.55 bits per heavy atom. The molecule has 0 bridgehead atoms. The summed E-state index contributed by atoms with van der Waals surface area (Å²) in [7, 11) is 0. The minimum Gasteiger partial charge on any atom is -0.285 e. The lowest BCUT2D eigenvalue weighted by Gasteiger charge is -1.97. The van der Waals surface area contributed by atoms with Gasteiger partial charge in [-0.3, -0.25) is 4.79 Å². The fraction of sp³-hybridized carbons (Fsp3) is 0.125. The van der Waals surface area contributed by atoms with E-state index in [4.69, 9.17) is 11.6 Å². The van der Waals surface area contributed by atoms with Crippen molar-refractivity contribution >= 4 is 29.6 Å². The molecule has 1 aromatic carbocycles. The molecule has 0 aliphatic carbocycles. The first-order valence-electron chi connectivity index (χ1n) is 2.99. The highest BCUT2D eigenvalue weighted by Crippen LogP contribution is 2.21. The third-order valence-electron chi connectivity index (χ3n) is 1.28. The molecule has 11 heavy (non-hydrogen) atoms. The normalized spacial score (nSPS) is 9.64. The zero-order valence-corrected chi connectivity index (χ0v) is 7.50. The van der Waals surface area contributed by atoms with Crippen LogP contribution < -0.4 is 0 Å². The zero-order chi connectivity index (χ0) is 8.27. The molecule has 0 aromatic heterocycles. The largest absolute Gasteiger partial charge is 0.285 e. The monoisotopic (exact) mass is 185 g/mol. The average Bonchev–Trinajstić information content (AvgIpc) is 2.05. The van der Waals surface area contributed by atoms with Crippen molar-refractivity contribution in [2.75, 3.05) is 6.26 Å². The molecule has 0 atom stereocenters. The molecule has 0 heterocycles. The van der Waals surface area contributed by atoms with Gasteiger partial charge in [-0.15, -0.1) is 11.8 Å². The standard InChI is InChI=1S/C8H6ClOS/c1-11-7-2-3-8(9)6(4-7)5-10/h2-4H,1H3. The van der Waals surface area contributed by atoms with Gasteiger partial charge >= 0.3 is 0 Å². The Hall–Kier alpha value is -0.470. The first-order valence-corrected chi connectivity index (χ1v) is 4.60. The number of rotatable bonds is 2. The van der Waals surface area contributed by atoms with Gasteiger partial charge in [-0.05, 0) is 24.5 Å². The molecule has 0 fully saturated rings. The molecular formula is C8H6ClOS. The van der Waals surface area contributed by atoms with E-state index in [1.807, 2.05) is 12.3 Å². The Bertz CT molecular complexity index is 273. The molecular weight excluding hydrogens is 180 g/mol. The second-order valence-electron chi connectivity index (χ2n) is 1.95. The van der Waals surface area contributed by atoms with E-state index in [1.54, 1.807) is 30.2 Å². The Morgan fingerprint density at radius 2 is 2.27 bits per heavy atom. The van der Waals surface area contributed by atoms with Crippen LogP contribution in [-0.2, 0) is 4.79 Å². The third-order valence-corrected chi connectivity index (χ3v) is 2.34. The van der Waals surface area contributed by atoms with Crippen LogP contribution in [0.5, 0.6) is 0 Å². The van der Waals surface area contributed by atoms with Crippen molar-refractivity contribution in [2.45, 2.75) is 4.90 Å². The van der Waals surface area contributed by atoms with Gasteiger partial charge in [0.1, 0.15) is 0 Å². The Morgan fingerprint density at radius 3 is 2.82 bits per heavy atom. The maximum absolute atomic E-state index is 10.3. The maximum atomic E-state index is 10.3. The van der Waals surface area contributed by atoms with Crippen molar-refractivity contribution in [1.29, 1.82) is 0 Å². The fourth-order valence-corrected chi connectivity index (χ4v) is 1.31. The molecule has 1 rings (SSSR count). The molecule has 1 aromatic rings. The van der Waals surface area contributed by atoms with E-state index in [1.165, 1.54) is 0 Å². The van der Waals surface area contributed by atoms with Crippen molar-refractivity contribution in [2.24, 2.45) is 0 Å². The van der Waals surface area contributed by atoms with Crippen LogP contribution in [0.25, 0.3) is 0 Å². The van der Waals surface area contributed by atoms with E-state index >= 15 is 0 Å². The number of halogens is 1. The summed E-state index contributed by atoms with van der Waals surface area (Å²) in [6, 6.07) is 5.29. The van der Waals surface area contributed by atoms with Crippen LogP contribution in [0, 0.1) is 0 Å². The van der Waals surface area contributed by atoms with Gasteiger partial charge in [0.05, 0.1) is 5.02 Å². The van der Waals surface area contributed by atoms with E-state index in [9.17, 15) is 4.79 Å². The molecule has 0 aliphatic heterocycles. The van der Waals surface area contributed by atoms with Gasteiger partial charge in [-0.25, -0.2) is 0 Å². The minimum absolute atomic E-state index is 0.429. The molecule has 3 heteroatoms. The van der Waals surface area contributed by atoms with Crippen LogP contribution in [0.1, 0.15) is 5.56 Å². The van der Waals surface area contributed by atoms with E-state index in [0.717, 1.165) is 4.90 Å². The number of benzene rings is 1. The number of carbonyl (C=O) groups excluding carboxylic acids is 1. The molecule has 0 unspecified atom stereocenters. The minimum atomic E-state index is 0.429. The molecule has 1 radical (unpaired) electrons. The quantitative estimate of drug-likeness (QED) is 0.659. The first-order chi connectivity index (χ1) is 5.27. The molecule has 0 aliphatic rings. The SMILES string of the molecule is CSc1ccc(Cl)c([C]=O)c1. The predicted octanol–water partition coefficient (Wildman–Crippen LogP) is 2.52. The van der Waals surface area contributed by atoms with Gasteiger partial charge in [0.25, 0.3) is 0 Å². The van der Waals surface area contributed by atoms with Gasteiger partial charge in [0, 0.05) is 10.5 Å². The van der Waals surface area contributed by atoms with Crippen LogP contribution in [0.3, 0.4) is 0 Å². The van der Waals surface area contributed by atoms with E-state index in [0.29, 0.717) is 10.6 Å². The van der Waals surface area contributed by atoms with Crippen molar-refractivity contribution in [1.82, 2.24) is 0 Å². The summed E-state index contributed by atoms with van der Waals surface area (Å²) in [4.78, 5) is 11.3. The summed E-state index contributed by atoms with van der Waals surface area (Å²) in [6.07, 6.45) is 3.72. The Labute approximate surface area is 74.7 Å². The van der Waals surface area contributed by atoms with Crippen molar-refractivity contribution in [3.05, 3.63) is 28.8 Å². The summed E-state index contributed by atoms with van der Waals surface area (Å²) in [5.41, 5.74) is 0.429. The van der Waals surface area contributed by atoms with E-state index in [2.05, 4.69) is 0 Å².